The largest absolute Gasteiger partial charge is 0.387 e. The second-order valence-electron chi connectivity index (χ2n) is 7.90. The van der Waals surface area contributed by atoms with Crippen molar-refractivity contribution in [2.24, 2.45) is 5.92 Å². The van der Waals surface area contributed by atoms with Crippen LogP contribution in [0.3, 0.4) is 0 Å². The van der Waals surface area contributed by atoms with Gasteiger partial charge >= 0.3 is 0 Å². The number of halogens is 1. The molecule has 1 aliphatic carbocycles. The minimum atomic E-state index is -0.712. The Morgan fingerprint density at radius 2 is 2.07 bits per heavy atom. The molecule has 3 atom stereocenters. The minimum absolute atomic E-state index is 0.0131. The molecule has 1 fully saturated rings. The highest BCUT2D eigenvalue weighted by atomic mass is 35.5. The summed E-state index contributed by atoms with van der Waals surface area (Å²) >= 11 is 6.09. The molecule has 5 nitrogen and oxygen atoms in total. The van der Waals surface area contributed by atoms with Gasteiger partial charge in [-0.2, -0.15) is 0 Å². The van der Waals surface area contributed by atoms with Crippen LogP contribution >= 0.6 is 11.6 Å². The summed E-state index contributed by atoms with van der Waals surface area (Å²) in [5.41, 5.74) is 3.63. The zero-order chi connectivity index (χ0) is 20.4. The van der Waals surface area contributed by atoms with Crippen molar-refractivity contribution in [3.8, 4) is 0 Å². The van der Waals surface area contributed by atoms with Gasteiger partial charge in [-0.15, -0.1) is 0 Å². The molecule has 0 spiro atoms. The van der Waals surface area contributed by atoms with Crippen LogP contribution in [0.5, 0.6) is 0 Å². The van der Waals surface area contributed by atoms with E-state index < -0.39 is 6.10 Å². The average Bonchev–Trinajstić information content (AvgIpc) is 3.15. The number of aromatic amines is 1. The molecule has 1 aliphatic rings. The molecule has 1 saturated carbocycles. The van der Waals surface area contributed by atoms with Gasteiger partial charge in [-0.25, -0.2) is 4.98 Å². The summed E-state index contributed by atoms with van der Waals surface area (Å²) in [4.78, 5) is 21.1. The van der Waals surface area contributed by atoms with Crippen molar-refractivity contribution in [2.75, 3.05) is 6.54 Å². The number of benzene rings is 2. The molecule has 29 heavy (non-hydrogen) atoms. The Kier molecular flexibility index (Phi) is 5.88. The van der Waals surface area contributed by atoms with Gasteiger partial charge < -0.3 is 15.4 Å². The number of nitrogens with one attached hydrogen (secondary N) is 2. The fourth-order valence-electron chi connectivity index (χ4n) is 4.35. The summed E-state index contributed by atoms with van der Waals surface area (Å²) in [6.45, 7) is 2.17. The van der Waals surface area contributed by atoms with Gasteiger partial charge in [0.1, 0.15) is 5.82 Å². The summed E-state index contributed by atoms with van der Waals surface area (Å²) in [6.07, 6.45) is 3.15. The number of aliphatic hydroxyl groups is 1. The van der Waals surface area contributed by atoms with E-state index in [1.165, 1.54) is 0 Å². The van der Waals surface area contributed by atoms with Crippen LogP contribution < -0.4 is 5.32 Å². The van der Waals surface area contributed by atoms with E-state index in [0.29, 0.717) is 5.02 Å². The number of imidazole rings is 1. The van der Waals surface area contributed by atoms with Crippen molar-refractivity contribution in [2.45, 2.75) is 44.6 Å². The molecule has 1 heterocycles. The molecule has 0 aliphatic heterocycles. The van der Waals surface area contributed by atoms with Crippen LogP contribution in [0.15, 0.2) is 42.5 Å². The smallest absolute Gasteiger partial charge is 0.223 e. The molecule has 4 rings (SSSR count). The second-order valence-corrected chi connectivity index (χ2v) is 8.33. The van der Waals surface area contributed by atoms with Gasteiger partial charge in [-0.1, -0.05) is 48.7 Å². The van der Waals surface area contributed by atoms with Crippen molar-refractivity contribution in [3.05, 3.63) is 64.4 Å². The zero-order valence-electron chi connectivity index (χ0n) is 16.5. The lowest BCUT2D eigenvalue weighted by atomic mass is 9.78. The topological polar surface area (TPSA) is 78.0 Å². The Hall–Kier alpha value is -2.37. The maximum atomic E-state index is 13.0. The highest BCUT2D eigenvalue weighted by molar-refractivity contribution is 6.31. The average molecular weight is 412 g/mol. The van der Waals surface area contributed by atoms with Crippen LogP contribution in [-0.4, -0.2) is 27.5 Å². The SMILES string of the molecule is Cc1ccccc1[C@H](O)CNC(=O)[C@@H]1CCCC[C@@H]1c1nc2ccc(Cl)cc2[nH]1. The molecular weight excluding hydrogens is 386 g/mol. The third-order valence-electron chi connectivity index (χ3n) is 5.93. The molecule has 152 valence electrons. The molecule has 3 N–H and O–H groups in total. The summed E-state index contributed by atoms with van der Waals surface area (Å²) in [6, 6.07) is 13.3. The van der Waals surface area contributed by atoms with Crippen LogP contribution in [0.1, 0.15) is 54.7 Å². The number of H-pyrrole nitrogens is 1. The van der Waals surface area contributed by atoms with Crippen molar-refractivity contribution < 1.29 is 9.90 Å². The van der Waals surface area contributed by atoms with E-state index in [-0.39, 0.29) is 24.3 Å². The number of nitrogens with zero attached hydrogens (tertiary/aromatic N) is 1. The normalized spacial score (nSPS) is 20.5. The number of aryl methyl sites for hydroxylation is 1. The van der Waals surface area contributed by atoms with E-state index in [0.717, 1.165) is 53.7 Å². The molecule has 0 bridgehead atoms. The maximum absolute atomic E-state index is 13.0. The Labute approximate surface area is 175 Å². The first kappa shape index (κ1) is 19.9. The lowest BCUT2D eigenvalue weighted by Crippen LogP contribution is -2.38. The lowest BCUT2D eigenvalue weighted by molar-refractivity contribution is -0.127. The zero-order valence-corrected chi connectivity index (χ0v) is 17.2. The monoisotopic (exact) mass is 411 g/mol. The third kappa shape index (κ3) is 4.31. The number of carbonyl (C=O) groups excluding carboxylic acids is 1. The van der Waals surface area contributed by atoms with Gasteiger partial charge in [0, 0.05) is 23.4 Å². The summed E-state index contributed by atoms with van der Waals surface area (Å²) < 4.78 is 0. The highest BCUT2D eigenvalue weighted by Gasteiger charge is 2.34. The highest BCUT2D eigenvalue weighted by Crippen LogP contribution is 2.37. The predicted molar refractivity (Wildman–Crippen MR) is 115 cm³/mol. The Balaban J connectivity index is 1.47. The molecule has 3 aromatic rings. The first-order valence-corrected chi connectivity index (χ1v) is 10.6. The van der Waals surface area contributed by atoms with Gasteiger partial charge in [0.2, 0.25) is 5.91 Å². The Bertz CT molecular complexity index is 1020. The van der Waals surface area contributed by atoms with Crippen molar-refractivity contribution in [1.82, 2.24) is 15.3 Å². The first-order valence-electron chi connectivity index (χ1n) is 10.2. The van der Waals surface area contributed by atoms with Gasteiger partial charge in [-0.3, -0.25) is 4.79 Å². The summed E-state index contributed by atoms with van der Waals surface area (Å²) in [5.74, 6) is 0.733. The number of aromatic nitrogens is 2. The molecule has 2 aromatic carbocycles. The van der Waals surface area contributed by atoms with Crippen molar-refractivity contribution >= 4 is 28.5 Å². The van der Waals surface area contributed by atoms with E-state index in [9.17, 15) is 9.90 Å². The Morgan fingerprint density at radius 3 is 2.90 bits per heavy atom. The fourth-order valence-corrected chi connectivity index (χ4v) is 4.52. The van der Waals surface area contributed by atoms with E-state index in [1.807, 2.05) is 49.4 Å². The van der Waals surface area contributed by atoms with E-state index in [2.05, 4.69) is 10.3 Å². The first-order chi connectivity index (χ1) is 14.0. The number of fused-ring (bicyclic) bond motifs is 1. The van der Waals surface area contributed by atoms with Crippen molar-refractivity contribution in [3.63, 3.8) is 0 Å². The number of rotatable bonds is 5. The number of carbonyl (C=O) groups is 1. The van der Waals surface area contributed by atoms with Crippen LogP contribution in [-0.2, 0) is 4.79 Å². The molecule has 6 heteroatoms. The maximum Gasteiger partial charge on any atom is 0.223 e. The molecule has 0 radical (unpaired) electrons. The van der Waals surface area contributed by atoms with Gasteiger partial charge in [-0.05, 0) is 49.1 Å². The van der Waals surface area contributed by atoms with Crippen LogP contribution in [0, 0.1) is 12.8 Å². The summed E-state index contributed by atoms with van der Waals surface area (Å²) in [5, 5.41) is 14.1. The summed E-state index contributed by atoms with van der Waals surface area (Å²) in [7, 11) is 0. The Morgan fingerprint density at radius 1 is 1.28 bits per heavy atom. The van der Waals surface area contributed by atoms with Crippen molar-refractivity contribution in [1.29, 1.82) is 0 Å². The number of aliphatic hydroxyl groups excluding tert-OH is 1. The molecule has 0 saturated heterocycles. The van der Waals surface area contributed by atoms with Crippen LogP contribution in [0.25, 0.3) is 11.0 Å². The fraction of sp³-hybridized carbons (Fsp3) is 0.391. The number of hydrogen-bond acceptors (Lipinski definition) is 3. The van der Waals surface area contributed by atoms with Crippen LogP contribution in [0.2, 0.25) is 5.02 Å². The second kappa shape index (κ2) is 8.56. The quantitative estimate of drug-likeness (QED) is 0.571. The van der Waals surface area contributed by atoms with E-state index in [4.69, 9.17) is 16.6 Å². The number of hydrogen-bond donors (Lipinski definition) is 3. The predicted octanol–water partition coefficient (Wildman–Crippen LogP) is 4.65. The minimum Gasteiger partial charge on any atom is -0.387 e. The molecule has 0 unspecified atom stereocenters. The lowest BCUT2D eigenvalue weighted by Gasteiger charge is -2.29. The van der Waals surface area contributed by atoms with E-state index >= 15 is 0 Å². The number of amides is 1. The molecule has 1 aromatic heterocycles. The van der Waals surface area contributed by atoms with Gasteiger partial charge in [0.05, 0.1) is 17.1 Å². The molecular formula is C23H26ClN3O2. The van der Waals surface area contributed by atoms with Crippen LogP contribution in [0.4, 0.5) is 0 Å². The third-order valence-corrected chi connectivity index (χ3v) is 6.17. The molecule has 1 amide bonds. The standard InChI is InChI=1S/C23H26ClN3O2/c1-14-6-2-3-7-16(14)21(28)13-25-23(29)18-9-5-4-8-17(18)22-26-19-11-10-15(24)12-20(19)27-22/h2-3,6-7,10-12,17-18,21,28H,4-5,8-9,13H2,1H3,(H,25,29)(H,26,27)/t17-,18+,21+/m0/s1. The van der Waals surface area contributed by atoms with E-state index in [1.54, 1.807) is 0 Å². The van der Waals surface area contributed by atoms with Gasteiger partial charge in [0.15, 0.2) is 0 Å². The van der Waals surface area contributed by atoms with Gasteiger partial charge in [0.25, 0.3) is 0 Å².